The maximum atomic E-state index is 7.45. The number of benzene rings is 3. The van der Waals surface area contributed by atoms with E-state index in [9.17, 15) is 0 Å². The number of ether oxygens (including phenoxy) is 1. The van der Waals surface area contributed by atoms with Crippen LogP contribution < -0.4 is 10.4 Å². The third kappa shape index (κ3) is 10.2. The molecule has 0 aliphatic carbocycles. The summed E-state index contributed by atoms with van der Waals surface area (Å²) in [6, 6.07) is 32.3. The molecule has 41 heavy (non-hydrogen) atoms. The molecule has 3 aromatic rings. The predicted octanol–water partition coefficient (Wildman–Crippen LogP) is 9.09. The van der Waals surface area contributed by atoms with Gasteiger partial charge in [0.25, 0.3) is 8.32 Å². The summed E-state index contributed by atoms with van der Waals surface area (Å²) in [5.41, 5.74) is 1.18. The van der Waals surface area contributed by atoms with Crippen LogP contribution in [0, 0.1) is 0 Å². The SMILES string of the molecule is CC(C)(C)S/C=C/[C@H](OCc1ccccc1)[C@@H](CO[Si](c1ccccc1)(c1ccccc1)C(C)(C)C)SC(C)(C)C. The van der Waals surface area contributed by atoms with Gasteiger partial charge in [-0.25, -0.2) is 0 Å². The molecule has 3 rings (SSSR count). The van der Waals surface area contributed by atoms with E-state index in [1.165, 1.54) is 15.9 Å². The van der Waals surface area contributed by atoms with Gasteiger partial charge in [0.05, 0.1) is 18.0 Å². The molecule has 2 atom stereocenters. The van der Waals surface area contributed by atoms with E-state index < -0.39 is 8.32 Å². The summed E-state index contributed by atoms with van der Waals surface area (Å²) in [5, 5.41) is 4.87. The molecule has 0 amide bonds. The molecule has 0 aromatic heterocycles. The van der Waals surface area contributed by atoms with Crippen LogP contribution in [0.4, 0.5) is 0 Å². The highest BCUT2D eigenvalue weighted by molar-refractivity contribution is 8.03. The average molecular weight is 607 g/mol. The Morgan fingerprint density at radius 3 is 1.61 bits per heavy atom. The molecule has 0 radical (unpaired) electrons. The molecule has 3 aromatic carbocycles. The average Bonchev–Trinajstić information content (AvgIpc) is 2.90. The van der Waals surface area contributed by atoms with E-state index in [2.05, 4.69) is 165 Å². The lowest BCUT2D eigenvalue weighted by Crippen LogP contribution is -2.67. The van der Waals surface area contributed by atoms with Gasteiger partial charge < -0.3 is 9.16 Å². The fraction of sp³-hybridized carbons (Fsp3) is 0.444. The van der Waals surface area contributed by atoms with Crippen molar-refractivity contribution < 1.29 is 9.16 Å². The largest absolute Gasteiger partial charge is 0.406 e. The molecule has 5 heteroatoms. The minimum absolute atomic E-state index is 0.0405. The first kappa shape index (κ1) is 33.7. The molecule has 0 saturated carbocycles. The molecule has 222 valence electrons. The molecule has 0 bridgehead atoms. The Balaban J connectivity index is 2.04. The van der Waals surface area contributed by atoms with Crippen molar-refractivity contribution in [1.82, 2.24) is 0 Å². The van der Waals surface area contributed by atoms with Gasteiger partial charge in [-0.1, -0.05) is 153 Å². The van der Waals surface area contributed by atoms with Crippen molar-refractivity contribution in [2.75, 3.05) is 6.61 Å². The zero-order chi connectivity index (χ0) is 30.2. The van der Waals surface area contributed by atoms with Gasteiger partial charge >= 0.3 is 0 Å². The maximum absolute atomic E-state index is 7.45. The fourth-order valence-electron chi connectivity index (χ4n) is 4.99. The molecular weight excluding hydrogens is 557 g/mol. The summed E-state index contributed by atoms with van der Waals surface area (Å²) in [5.74, 6) is 0. The van der Waals surface area contributed by atoms with E-state index in [0.717, 1.165) is 0 Å². The second kappa shape index (κ2) is 14.6. The first-order valence-electron chi connectivity index (χ1n) is 14.6. The Hall–Kier alpha value is -1.76. The minimum Gasteiger partial charge on any atom is -0.406 e. The Kier molecular flexibility index (Phi) is 12.0. The van der Waals surface area contributed by atoms with Crippen LogP contribution in [0.1, 0.15) is 67.9 Å². The van der Waals surface area contributed by atoms with Crippen molar-refractivity contribution in [1.29, 1.82) is 0 Å². The lowest BCUT2D eigenvalue weighted by atomic mass is 10.2. The normalized spacial score (nSPS) is 14.8. The monoisotopic (exact) mass is 606 g/mol. The van der Waals surface area contributed by atoms with Crippen molar-refractivity contribution in [3.63, 3.8) is 0 Å². The predicted molar refractivity (Wildman–Crippen MR) is 186 cm³/mol. The molecule has 2 nitrogen and oxygen atoms in total. The summed E-state index contributed by atoms with van der Waals surface area (Å²) in [6.45, 7) is 21.8. The van der Waals surface area contributed by atoms with Crippen LogP contribution in [-0.2, 0) is 15.8 Å². The molecule has 0 aliphatic rings. The molecule has 0 spiro atoms. The molecule has 0 fully saturated rings. The van der Waals surface area contributed by atoms with E-state index in [1.54, 1.807) is 0 Å². The zero-order valence-corrected chi connectivity index (χ0v) is 29.1. The summed E-state index contributed by atoms with van der Waals surface area (Å²) in [4.78, 5) is 0. The van der Waals surface area contributed by atoms with Gasteiger partial charge in [-0.2, -0.15) is 0 Å². The van der Waals surface area contributed by atoms with E-state index in [0.29, 0.717) is 13.2 Å². The van der Waals surface area contributed by atoms with E-state index in [-0.39, 0.29) is 25.9 Å². The smallest absolute Gasteiger partial charge is 0.261 e. The van der Waals surface area contributed by atoms with Gasteiger partial charge in [0, 0.05) is 16.1 Å². The Labute approximate surface area is 259 Å². The first-order chi connectivity index (χ1) is 19.2. The molecule has 0 heterocycles. The second-order valence-electron chi connectivity index (χ2n) is 13.6. The molecule has 0 unspecified atom stereocenters. The standard InChI is InChI=1S/C36H50O2S2Si/c1-34(2,3)39-26-25-32(37-27-29-19-13-10-14-20-29)33(40-35(4,5)6)28-38-41(36(7,8)9,30-21-15-11-16-22-30)31-23-17-12-18-24-31/h10-26,32-33H,27-28H2,1-9H3/b26-25+/t32-,33+/m0/s1. The van der Waals surface area contributed by atoms with Gasteiger partial charge in [-0.05, 0) is 32.5 Å². The van der Waals surface area contributed by atoms with Crippen molar-refractivity contribution >= 4 is 42.2 Å². The van der Waals surface area contributed by atoms with Crippen LogP contribution in [0.5, 0.6) is 0 Å². The maximum Gasteiger partial charge on any atom is 0.261 e. The second-order valence-corrected chi connectivity index (χ2v) is 21.7. The van der Waals surface area contributed by atoms with E-state index >= 15 is 0 Å². The van der Waals surface area contributed by atoms with Gasteiger partial charge in [0.2, 0.25) is 0 Å². The van der Waals surface area contributed by atoms with Crippen LogP contribution in [-0.4, -0.2) is 35.8 Å². The summed E-state index contributed by atoms with van der Waals surface area (Å²) in [7, 11) is -2.68. The Bertz CT molecular complexity index is 1150. The van der Waals surface area contributed by atoms with E-state index in [1.807, 2.05) is 23.5 Å². The molecule has 0 aliphatic heterocycles. The third-order valence-electron chi connectivity index (χ3n) is 6.73. The van der Waals surface area contributed by atoms with Crippen LogP contribution in [0.25, 0.3) is 0 Å². The van der Waals surface area contributed by atoms with Gasteiger partial charge in [0.1, 0.15) is 0 Å². The Morgan fingerprint density at radius 1 is 0.683 bits per heavy atom. The van der Waals surface area contributed by atoms with Crippen molar-refractivity contribution in [3.8, 4) is 0 Å². The zero-order valence-electron chi connectivity index (χ0n) is 26.5. The van der Waals surface area contributed by atoms with Gasteiger partial charge in [-0.15, -0.1) is 23.5 Å². The molecule has 0 saturated heterocycles. The topological polar surface area (TPSA) is 18.5 Å². The van der Waals surface area contributed by atoms with E-state index in [4.69, 9.17) is 9.16 Å². The van der Waals surface area contributed by atoms with Crippen molar-refractivity contribution in [3.05, 3.63) is 108 Å². The number of hydrogen-bond acceptors (Lipinski definition) is 4. The summed E-state index contributed by atoms with van der Waals surface area (Å²) < 4.78 is 14.4. The van der Waals surface area contributed by atoms with Crippen LogP contribution >= 0.6 is 23.5 Å². The first-order valence-corrected chi connectivity index (χ1v) is 18.3. The summed E-state index contributed by atoms with van der Waals surface area (Å²) >= 11 is 3.80. The molecular formula is C36H50O2S2Si. The van der Waals surface area contributed by atoms with Gasteiger partial charge in [-0.3, -0.25) is 0 Å². The fourth-order valence-corrected chi connectivity index (χ4v) is 11.7. The van der Waals surface area contributed by atoms with Gasteiger partial charge in [0.15, 0.2) is 0 Å². The lowest BCUT2D eigenvalue weighted by molar-refractivity contribution is 0.0603. The summed E-state index contributed by atoms with van der Waals surface area (Å²) in [6.07, 6.45) is 2.16. The highest BCUT2D eigenvalue weighted by Gasteiger charge is 2.50. The number of thioether (sulfide) groups is 2. The Morgan fingerprint density at radius 2 is 1.17 bits per heavy atom. The van der Waals surface area contributed by atoms with Crippen LogP contribution in [0.15, 0.2) is 102 Å². The third-order valence-corrected chi connectivity index (χ3v) is 14.1. The van der Waals surface area contributed by atoms with Crippen molar-refractivity contribution in [2.24, 2.45) is 0 Å². The quantitative estimate of drug-likeness (QED) is 0.191. The lowest BCUT2D eigenvalue weighted by Gasteiger charge is -2.44. The minimum atomic E-state index is -2.68. The highest BCUT2D eigenvalue weighted by Crippen LogP contribution is 2.39. The van der Waals surface area contributed by atoms with Crippen molar-refractivity contribution in [2.45, 2.75) is 94.8 Å². The molecule has 0 N–H and O–H groups in total. The van der Waals surface area contributed by atoms with Crippen LogP contribution in [0.3, 0.4) is 0 Å². The number of rotatable bonds is 12. The highest BCUT2D eigenvalue weighted by atomic mass is 32.2. The number of hydrogen-bond donors (Lipinski definition) is 0. The van der Waals surface area contributed by atoms with Crippen LogP contribution in [0.2, 0.25) is 5.04 Å².